The summed E-state index contributed by atoms with van der Waals surface area (Å²) in [5, 5.41) is 3.28. The zero-order valence-electron chi connectivity index (χ0n) is 13.0. The lowest BCUT2D eigenvalue weighted by Crippen LogP contribution is -2.40. The largest absolute Gasteiger partial charge is 0.382 e. The lowest BCUT2D eigenvalue weighted by atomic mass is 10.2. The van der Waals surface area contributed by atoms with E-state index >= 15 is 0 Å². The second-order valence-electron chi connectivity index (χ2n) is 4.42. The highest BCUT2D eigenvalue weighted by molar-refractivity contribution is 14.0. The maximum Gasteiger partial charge on any atom is 0.193 e. The highest BCUT2D eigenvalue weighted by atomic mass is 127. The van der Waals surface area contributed by atoms with Crippen LogP contribution in [0.25, 0.3) is 0 Å². The first-order chi connectivity index (χ1) is 9.77. The van der Waals surface area contributed by atoms with E-state index in [1.165, 1.54) is 5.56 Å². The summed E-state index contributed by atoms with van der Waals surface area (Å²) in [4.78, 5) is 6.36. The van der Waals surface area contributed by atoms with Gasteiger partial charge in [-0.25, -0.2) is 0 Å². The summed E-state index contributed by atoms with van der Waals surface area (Å²) in [5.74, 6) is 0.865. The van der Waals surface area contributed by atoms with Crippen LogP contribution in [-0.4, -0.2) is 58.4 Å². The van der Waals surface area contributed by atoms with Crippen molar-refractivity contribution in [3.05, 3.63) is 35.9 Å². The molecule has 0 unspecified atom stereocenters. The van der Waals surface area contributed by atoms with Crippen molar-refractivity contribution in [2.45, 2.75) is 6.54 Å². The molecule has 0 bridgehead atoms. The third-order valence-electron chi connectivity index (χ3n) is 2.80. The van der Waals surface area contributed by atoms with Crippen LogP contribution in [0.4, 0.5) is 0 Å². The van der Waals surface area contributed by atoms with E-state index in [2.05, 4.69) is 27.3 Å². The molecule has 0 saturated carbocycles. The van der Waals surface area contributed by atoms with E-state index in [1.54, 1.807) is 14.2 Å². The number of nitrogens with one attached hydrogen (secondary N) is 1. The van der Waals surface area contributed by atoms with Gasteiger partial charge in [-0.2, -0.15) is 0 Å². The van der Waals surface area contributed by atoms with Crippen LogP contribution in [0.1, 0.15) is 5.56 Å². The molecule has 0 amide bonds. The molecule has 21 heavy (non-hydrogen) atoms. The summed E-state index contributed by atoms with van der Waals surface area (Å²) < 4.78 is 10.3. The van der Waals surface area contributed by atoms with E-state index in [0.717, 1.165) is 19.0 Å². The number of guanidine groups is 1. The highest BCUT2D eigenvalue weighted by Crippen LogP contribution is 2.02. The van der Waals surface area contributed by atoms with Gasteiger partial charge in [0.2, 0.25) is 0 Å². The van der Waals surface area contributed by atoms with Gasteiger partial charge in [0.25, 0.3) is 0 Å². The predicted octanol–water partition coefficient (Wildman–Crippen LogP) is 1.97. The molecule has 0 fully saturated rings. The smallest absolute Gasteiger partial charge is 0.193 e. The van der Waals surface area contributed by atoms with Crippen LogP contribution >= 0.6 is 24.0 Å². The van der Waals surface area contributed by atoms with Crippen molar-refractivity contribution >= 4 is 29.9 Å². The normalized spacial score (nSPS) is 10.9. The molecule has 0 aromatic heterocycles. The Hall–Kier alpha value is -0.860. The lowest BCUT2D eigenvalue weighted by molar-refractivity contribution is 0.0731. The van der Waals surface area contributed by atoms with Crippen molar-refractivity contribution < 1.29 is 9.47 Å². The molecule has 0 aliphatic heterocycles. The fourth-order valence-corrected chi connectivity index (χ4v) is 1.80. The Morgan fingerprint density at radius 1 is 1.19 bits per heavy atom. The topological polar surface area (TPSA) is 46.1 Å². The zero-order chi connectivity index (χ0) is 14.6. The Morgan fingerprint density at radius 3 is 2.52 bits per heavy atom. The average molecular weight is 407 g/mol. The molecule has 0 aliphatic carbocycles. The van der Waals surface area contributed by atoms with Crippen LogP contribution < -0.4 is 5.32 Å². The maximum absolute atomic E-state index is 5.41. The minimum absolute atomic E-state index is 0. The van der Waals surface area contributed by atoms with Gasteiger partial charge in [0.05, 0.1) is 19.8 Å². The first kappa shape index (κ1) is 20.1. The number of rotatable bonds is 8. The van der Waals surface area contributed by atoms with Crippen molar-refractivity contribution in [3.8, 4) is 0 Å². The average Bonchev–Trinajstić information content (AvgIpc) is 2.47. The summed E-state index contributed by atoms with van der Waals surface area (Å²) >= 11 is 0. The fourth-order valence-electron chi connectivity index (χ4n) is 1.80. The third kappa shape index (κ3) is 8.90. The number of aliphatic imine (C=N–C) groups is 1. The minimum atomic E-state index is 0. The van der Waals surface area contributed by atoms with Crippen LogP contribution in [0, 0.1) is 0 Å². The molecule has 6 heteroatoms. The van der Waals surface area contributed by atoms with Crippen LogP contribution in [0.3, 0.4) is 0 Å². The van der Waals surface area contributed by atoms with Gasteiger partial charge in [-0.1, -0.05) is 30.3 Å². The standard InChI is InChI=1S/C15H25N3O2.HI/c1-16-15(17-9-10-20-12-11-19-3)18(2)13-14-7-5-4-6-8-14;/h4-8H,9-13H2,1-3H3,(H,16,17);1H. The molecule has 1 aromatic rings. The molecule has 1 rings (SSSR count). The van der Waals surface area contributed by atoms with E-state index in [0.29, 0.717) is 19.8 Å². The van der Waals surface area contributed by atoms with Gasteiger partial charge in [-0.3, -0.25) is 4.99 Å². The molecule has 0 atom stereocenters. The Balaban J connectivity index is 0.00000400. The van der Waals surface area contributed by atoms with Crippen molar-refractivity contribution in [3.63, 3.8) is 0 Å². The van der Waals surface area contributed by atoms with Crippen LogP contribution in [0.2, 0.25) is 0 Å². The van der Waals surface area contributed by atoms with Gasteiger partial charge in [-0.05, 0) is 5.56 Å². The van der Waals surface area contributed by atoms with Crippen molar-refractivity contribution in [1.29, 1.82) is 0 Å². The number of ether oxygens (including phenoxy) is 2. The monoisotopic (exact) mass is 407 g/mol. The Bertz CT molecular complexity index is 388. The van der Waals surface area contributed by atoms with Gasteiger partial charge < -0.3 is 19.7 Å². The van der Waals surface area contributed by atoms with Gasteiger partial charge in [0.1, 0.15) is 0 Å². The predicted molar refractivity (Wildman–Crippen MR) is 97.4 cm³/mol. The Morgan fingerprint density at radius 2 is 1.90 bits per heavy atom. The molecule has 5 nitrogen and oxygen atoms in total. The number of halogens is 1. The molecule has 0 radical (unpaired) electrons. The fraction of sp³-hybridized carbons (Fsp3) is 0.533. The summed E-state index contributed by atoms with van der Waals surface area (Å²) in [6.07, 6.45) is 0. The number of hydrogen-bond donors (Lipinski definition) is 1. The summed E-state index contributed by atoms with van der Waals surface area (Å²) in [5.41, 5.74) is 1.26. The number of methoxy groups -OCH3 is 1. The second kappa shape index (κ2) is 12.8. The molecule has 0 spiro atoms. The van der Waals surface area contributed by atoms with Crippen LogP contribution in [0.15, 0.2) is 35.3 Å². The summed E-state index contributed by atoms with van der Waals surface area (Å²) in [6.45, 7) is 3.45. The SMILES string of the molecule is CN=C(NCCOCCOC)N(C)Cc1ccccc1.I. The van der Waals surface area contributed by atoms with Gasteiger partial charge in [-0.15, -0.1) is 24.0 Å². The third-order valence-corrected chi connectivity index (χ3v) is 2.80. The molecule has 0 heterocycles. The molecular weight excluding hydrogens is 381 g/mol. The van der Waals surface area contributed by atoms with Gasteiger partial charge >= 0.3 is 0 Å². The lowest BCUT2D eigenvalue weighted by Gasteiger charge is -2.22. The quantitative estimate of drug-likeness (QED) is 0.310. The van der Waals surface area contributed by atoms with E-state index < -0.39 is 0 Å². The highest BCUT2D eigenvalue weighted by Gasteiger charge is 2.05. The first-order valence-electron chi connectivity index (χ1n) is 6.80. The Labute approximate surface area is 144 Å². The van der Waals surface area contributed by atoms with Crippen LogP contribution in [-0.2, 0) is 16.0 Å². The number of hydrogen-bond acceptors (Lipinski definition) is 3. The first-order valence-corrected chi connectivity index (χ1v) is 6.80. The Kier molecular flexibility index (Phi) is 12.3. The van der Waals surface area contributed by atoms with Crippen molar-refractivity contribution in [1.82, 2.24) is 10.2 Å². The number of benzene rings is 1. The molecule has 1 aromatic carbocycles. The van der Waals surface area contributed by atoms with Crippen LogP contribution in [0.5, 0.6) is 0 Å². The summed E-state index contributed by atoms with van der Waals surface area (Å²) in [6, 6.07) is 10.3. The molecular formula is C15H26IN3O2. The molecule has 120 valence electrons. The van der Waals surface area contributed by atoms with Crippen molar-refractivity contribution in [2.75, 3.05) is 47.6 Å². The molecule has 0 aliphatic rings. The van der Waals surface area contributed by atoms with E-state index in [1.807, 2.05) is 25.2 Å². The zero-order valence-corrected chi connectivity index (χ0v) is 15.4. The molecule has 0 saturated heterocycles. The maximum atomic E-state index is 5.41. The van der Waals surface area contributed by atoms with Crippen molar-refractivity contribution in [2.24, 2.45) is 4.99 Å². The van der Waals surface area contributed by atoms with E-state index in [4.69, 9.17) is 9.47 Å². The minimum Gasteiger partial charge on any atom is -0.382 e. The molecule has 1 N–H and O–H groups in total. The number of nitrogens with zero attached hydrogens (tertiary/aromatic N) is 2. The van der Waals surface area contributed by atoms with E-state index in [-0.39, 0.29) is 24.0 Å². The van der Waals surface area contributed by atoms with Gasteiger partial charge in [0, 0.05) is 34.3 Å². The van der Waals surface area contributed by atoms with E-state index in [9.17, 15) is 0 Å². The second-order valence-corrected chi connectivity index (χ2v) is 4.42. The summed E-state index contributed by atoms with van der Waals surface area (Å²) in [7, 11) is 5.48. The van der Waals surface area contributed by atoms with Gasteiger partial charge in [0.15, 0.2) is 5.96 Å².